The van der Waals surface area contributed by atoms with Crippen molar-refractivity contribution in [2.45, 2.75) is 70.8 Å². The third-order valence-electron chi connectivity index (χ3n) is 6.03. The minimum atomic E-state index is -0.576. The van der Waals surface area contributed by atoms with Crippen LogP contribution >= 0.6 is 11.6 Å². The third-order valence-corrected chi connectivity index (χ3v) is 6.25. The van der Waals surface area contributed by atoms with Gasteiger partial charge in [-0.1, -0.05) is 51.0 Å². The predicted octanol–water partition coefficient (Wildman–Crippen LogP) is 5.24. The number of ether oxygens (including phenoxy) is 2. The first-order valence-corrected chi connectivity index (χ1v) is 12.1. The van der Waals surface area contributed by atoms with Crippen LogP contribution in [0.2, 0.25) is 0 Å². The number of benzene rings is 1. The van der Waals surface area contributed by atoms with Crippen LogP contribution in [-0.4, -0.2) is 33.6 Å². The minimum Gasteiger partial charge on any atom is -0.459 e. The largest absolute Gasteiger partial charge is 0.459 e. The van der Waals surface area contributed by atoms with Gasteiger partial charge < -0.3 is 13.9 Å². The summed E-state index contributed by atoms with van der Waals surface area (Å²) < 4.78 is 18.7. The summed E-state index contributed by atoms with van der Waals surface area (Å²) in [5, 5.41) is 0.703. The molecule has 1 saturated heterocycles. The monoisotopic (exact) mass is 472 g/mol. The second kappa shape index (κ2) is 10.5. The number of hydrogen-bond donors (Lipinski definition) is 0. The number of aryl methyl sites for hydroxylation is 1. The van der Waals surface area contributed by atoms with Crippen molar-refractivity contribution in [3.05, 3.63) is 52.6 Å². The number of rotatable bonds is 9. The van der Waals surface area contributed by atoms with Gasteiger partial charge in [-0.15, -0.1) is 11.6 Å². The van der Waals surface area contributed by atoms with Gasteiger partial charge >= 0.3 is 11.7 Å². The van der Waals surface area contributed by atoms with Gasteiger partial charge in [0, 0.05) is 18.2 Å². The average Bonchev–Trinajstić information content (AvgIpc) is 3.42. The average molecular weight is 473 g/mol. The lowest BCUT2D eigenvalue weighted by Crippen LogP contribution is -2.27. The Morgan fingerprint density at radius 2 is 2.03 bits per heavy atom. The van der Waals surface area contributed by atoms with E-state index in [9.17, 15) is 9.59 Å². The molecule has 4 rings (SSSR count). The van der Waals surface area contributed by atoms with E-state index in [1.807, 2.05) is 25.1 Å². The maximum Gasteiger partial charge on any atom is 0.353 e. The number of esters is 1. The van der Waals surface area contributed by atoms with Crippen molar-refractivity contribution in [2.24, 2.45) is 0 Å². The molecule has 1 fully saturated rings. The van der Waals surface area contributed by atoms with Crippen molar-refractivity contribution in [2.75, 3.05) is 5.88 Å². The van der Waals surface area contributed by atoms with Crippen LogP contribution in [-0.2, 0) is 20.7 Å². The van der Waals surface area contributed by atoms with Gasteiger partial charge in [0.2, 0.25) is 5.71 Å². The van der Waals surface area contributed by atoms with Crippen LogP contribution in [0.4, 0.5) is 0 Å². The summed E-state index contributed by atoms with van der Waals surface area (Å²) >= 11 is 5.56. The molecular formula is C25H29ClN2O5. The number of aromatic nitrogens is 2. The van der Waals surface area contributed by atoms with Crippen molar-refractivity contribution in [1.29, 1.82) is 0 Å². The molecule has 3 heterocycles. The molecule has 7 nitrogen and oxygen atoms in total. The van der Waals surface area contributed by atoms with E-state index in [4.69, 9.17) is 25.5 Å². The van der Waals surface area contributed by atoms with Gasteiger partial charge in [0.25, 0.3) is 0 Å². The van der Waals surface area contributed by atoms with Crippen LogP contribution in [0, 0.1) is 0 Å². The Hall–Kier alpha value is -2.64. The highest BCUT2D eigenvalue weighted by Crippen LogP contribution is 2.33. The first kappa shape index (κ1) is 23.5. The number of nitrogens with zero attached hydrogens (tertiary/aromatic N) is 2. The van der Waals surface area contributed by atoms with Crippen molar-refractivity contribution in [3.8, 4) is 11.3 Å². The first-order chi connectivity index (χ1) is 16.0. The molecule has 8 heteroatoms. The van der Waals surface area contributed by atoms with E-state index in [0.29, 0.717) is 24.0 Å². The molecule has 0 saturated carbocycles. The Morgan fingerprint density at radius 1 is 1.24 bits per heavy atom. The molecule has 0 bridgehead atoms. The molecule has 0 aliphatic carbocycles. The highest BCUT2D eigenvalue weighted by atomic mass is 35.5. The predicted molar refractivity (Wildman–Crippen MR) is 126 cm³/mol. The summed E-state index contributed by atoms with van der Waals surface area (Å²) in [5.74, 6) is -0.0636. The fraction of sp³-hybridized carbons (Fsp3) is 0.480. The zero-order chi connectivity index (χ0) is 23.4. The number of halogens is 1. The standard InChI is InChI=1S/C25H29ClN2O5/c1-3-5-6-7-16-8-10-17(11-9-16)20-12-18-15-28(25(30)27-24(18)33-20)22-13-21(19(4-2)31-22)32-23(29)14-26/h8-12,15,19,21-22H,3-7,13-14H2,1-2H3. The van der Waals surface area contributed by atoms with Gasteiger partial charge in [-0.25, -0.2) is 4.79 Å². The number of alkyl halides is 1. The van der Waals surface area contributed by atoms with Crippen molar-refractivity contribution < 1.29 is 18.7 Å². The van der Waals surface area contributed by atoms with Crippen LogP contribution < -0.4 is 5.69 Å². The molecule has 3 unspecified atom stereocenters. The van der Waals surface area contributed by atoms with Crippen molar-refractivity contribution >= 4 is 28.7 Å². The molecule has 0 N–H and O–H groups in total. The first-order valence-electron chi connectivity index (χ1n) is 11.5. The van der Waals surface area contributed by atoms with Crippen LogP contribution in [0.3, 0.4) is 0 Å². The summed E-state index contributed by atoms with van der Waals surface area (Å²) in [4.78, 5) is 28.5. The fourth-order valence-electron chi connectivity index (χ4n) is 4.25. The van der Waals surface area contributed by atoms with E-state index >= 15 is 0 Å². The molecule has 0 radical (unpaired) electrons. The molecule has 1 aliphatic heterocycles. The summed E-state index contributed by atoms with van der Waals surface area (Å²) in [7, 11) is 0. The second-order valence-electron chi connectivity index (χ2n) is 8.39. The highest BCUT2D eigenvalue weighted by Gasteiger charge is 2.38. The lowest BCUT2D eigenvalue weighted by atomic mass is 10.0. The number of hydrogen-bond acceptors (Lipinski definition) is 6. The molecule has 33 heavy (non-hydrogen) atoms. The number of carbonyl (C=O) groups is 1. The Labute approximate surface area is 197 Å². The Kier molecular flexibility index (Phi) is 7.50. The Bertz CT molecular complexity index is 1150. The molecule has 176 valence electrons. The van der Waals surface area contributed by atoms with E-state index in [1.54, 1.807) is 6.20 Å². The summed E-state index contributed by atoms with van der Waals surface area (Å²) in [6, 6.07) is 10.2. The molecule has 1 aliphatic rings. The van der Waals surface area contributed by atoms with Gasteiger partial charge in [-0.05, 0) is 30.9 Å². The summed E-state index contributed by atoms with van der Waals surface area (Å²) in [6.45, 7) is 4.14. The zero-order valence-electron chi connectivity index (χ0n) is 19.0. The number of unbranched alkanes of at least 4 members (excludes halogenated alkanes) is 2. The molecule has 2 aromatic heterocycles. The van der Waals surface area contributed by atoms with Crippen molar-refractivity contribution in [1.82, 2.24) is 9.55 Å². The van der Waals surface area contributed by atoms with Gasteiger partial charge in [0.1, 0.15) is 24.0 Å². The SMILES string of the molecule is CCCCCc1ccc(-c2cc3cn(C4CC(OC(=O)CCl)C(CC)O4)c(=O)nc3o2)cc1. The normalized spacial score (nSPS) is 20.4. The molecule has 0 amide bonds. The lowest BCUT2D eigenvalue weighted by Gasteiger charge is -2.16. The number of carbonyl (C=O) groups excluding carboxylic acids is 1. The third kappa shape index (κ3) is 5.31. The maximum atomic E-state index is 12.7. The van der Waals surface area contributed by atoms with E-state index < -0.39 is 24.0 Å². The Morgan fingerprint density at radius 3 is 2.73 bits per heavy atom. The number of fused-ring (bicyclic) bond motifs is 1. The molecule has 3 atom stereocenters. The molecular weight excluding hydrogens is 444 g/mol. The van der Waals surface area contributed by atoms with Crippen LogP contribution in [0.5, 0.6) is 0 Å². The van der Waals surface area contributed by atoms with E-state index in [0.717, 1.165) is 12.0 Å². The van der Waals surface area contributed by atoms with E-state index in [1.165, 1.54) is 29.4 Å². The summed E-state index contributed by atoms with van der Waals surface area (Å²) in [5.41, 5.74) is 2.05. The molecule has 1 aromatic carbocycles. The zero-order valence-corrected chi connectivity index (χ0v) is 19.7. The highest BCUT2D eigenvalue weighted by molar-refractivity contribution is 6.26. The topological polar surface area (TPSA) is 83.6 Å². The quantitative estimate of drug-likeness (QED) is 0.240. The molecule has 0 spiro atoms. The maximum absolute atomic E-state index is 12.7. The number of furan rings is 1. The van der Waals surface area contributed by atoms with Gasteiger partial charge in [0.15, 0.2) is 0 Å². The molecule has 3 aromatic rings. The second-order valence-corrected chi connectivity index (χ2v) is 8.66. The fourth-order valence-corrected chi connectivity index (χ4v) is 4.31. The summed E-state index contributed by atoms with van der Waals surface area (Å²) in [6.07, 6.45) is 6.05. The van der Waals surface area contributed by atoms with Gasteiger partial charge in [-0.3, -0.25) is 9.36 Å². The Balaban J connectivity index is 1.55. The van der Waals surface area contributed by atoms with Crippen LogP contribution in [0.15, 0.2) is 45.7 Å². The van der Waals surface area contributed by atoms with Crippen LogP contribution in [0.25, 0.3) is 22.4 Å². The smallest absolute Gasteiger partial charge is 0.353 e. The lowest BCUT2D eigenvalue weighted by molar-refractivity contribution is -0.148. The minimum absolute atomic E-state index is 0.220. The van der Waals surface area contributed by atoms with E-state index in [2.05, 4.69) is 24.0 Å². The van der Waals surface area contributed by atoms with Gasteiger partial charge in [-0.2, -0.15) is 4.98 Å². The van der Waals surface area contributed by atoms with Crippen molar-refractivity contribution in [3.63, 3.8) is 0 Å². The van der Waals surface area contributed by atoms with Crippen LogP contribution in [0.1, 0.15) is 57.7 Å². The van der Waals surface area contributed by atoms with Gasteiger partial charge in [0.05, 0.1) is 11.5 Å². The van der Waals surface area contributed by atoms with E-state index in [-0.39, 0.29) is 17.7 Å².